The van der Waals surface area contributed by atoms with E-state index in [4.69, 9.17) is 20.9 Å². The summed E-state index contributed by atoms with van der Waals surface area (Å²) in [5, 5.41) is 13.9. The van der Waals surface area contributed by atoms with Crippen molar-refractivity contribution in [2.75, 3.05) is 0 Å². The average Bonchev–Trinajstić information content (AvgIpc) is 3.85. The predicted molar refractivity (Wildman–Crippen MR) is 140 cm³/mol. The van der Waals surface area contributed by atoms with Gasteiger partial charge in [-0.15, -0.1) is 13.2 Å². The lowest BCUT2D eigenvalue weighted by Crippen LogP contribution is -2.17. The highest BCUT2D eigenvalue weighted by Gasteiger charge is 2.41. The third-order valence-electron chi connectivity index (χ3n) is 7.24. The smallest absolute Gasteiger partial charge is 0.489 e. The van der Waals surface area contributed by atoms with Crippen molar-refractivity contribution in [3.63, 3.8) is 0 Å². The predicted octanol–water partition coefficient (Wildman–Crippen LogP) is 8.32. The molecule has 2 aliphatic rings. The summed E-state index contributed by atoms with van der Waals surface area (Å²) in [5.74, 6) is 0.262. The number of carbonyl (C=O) groups is 1. The van der Waals surface area contributed by atoms with Crippen molar-refractivity contribution < 1.29 is 37.1 Å². The summed E-state index contributed by atoms with van der Waals surface area (Å²) < 4.78 is 54.9. The highest BCUT2D eigenvalue weighted by atomic mass is 35.5. The maximum atomic E-state index is 13.0. The van der Waals surface area contributed by atoms with Crippen LogP contribution in [0.2, 0.25) is 5.02 Å². The van der Waals surface area contributed by atoms with Gasteiger partial charge < -0.3 is 19.1 Å². The first-order valence-corrected chi connectivity index (χ1v) is 13.1. The number of benzene rings is 3. The fraction of sp³-hybridized carbons (Fsp3) is 0.267. The maximum absolute atomic E-state index is 13.0. The van der Waals surface area contributed by atoms with E-state index in [1.807, 2.05) is 12.1 Å². The summed E-state index contributed by atoms with van der Waals surface area (Å²) in [6.45, 7) is 0.0225. The molecule has 0 amide bonds. The minimum atomic E-state index is -4.85. The number of aromatic carboxylic acids is 1. The number of nitrogens with zero attached hydrogens (tertiary/aromatic N) is 1. The molecule has 6 rings (SSSR count). The Labute approximate surface area is 232 Å². The van der Waals surface area contributed by atoms with Crippen LogP contribution in [0.15, 0.2) is 71.3 Å². The molecule has 1 aromatic heterocycles. The summed E-state index contributed by atoms with van der Waals surface area (Å²) in [7, 11) is 0. The van der Waals surface area contributed by atoms with Gasteiger partial charge in [0, 0.05) is 16.5 Å². The zero-order valence-corrected chi connectivity index (χ0v) is 21.7. The Morgan fingerprint density at radius 1 is 1.05 bits per heavy atom. The van der Waals surface area contributed by atoms with Gasteiger partial charge in [-0.2, -0.15) is 0 Å². The molecule has 0 bridgehead atoms. The van der Waals surface area contributed by atoms with E-state index in [-0.39, 0.29) is 46.9 Å². The summed E-state index contributed by atoms with van der Waals surface area (Å²) in [6, 6.07) is 18.2. The zero-order valence-electron chi connectivity index (χ0n) is 21.0. The molecular weight excluding hydrogens is 547 g/mol. The Morgan fingerprint density at radius 2 is 1.85 bits per heavy atom. The maximum Gasteiger partial charge on any atom is 0.573 e. The Morgan fingerprint density at radius 3 is 2.58 bits per heavy atom. The summed E-state index contributed by atoms with van der Waals surface area (Å²) >= 11 is 6.63. The van der Waals surface area contributed by atoms with E-state index in [2.05, 4.69) is 9.89 Å². The highest BCUT2D eigenvalue weighted by molar-refractivity contribution is 6.31. The van der Waals surface area contributed by atoms with E-state index in [1.54, 1.807) is 36.4 Å². The Bertz CT molecular complexity index is 1580. The fourth-order valence-corrected chi connectivity index (χ4v) is 5.39. The molecule has 40 heavy (non-hydrogen) atoms. The highest BCUT2D eigenvalue weighted by Crippen LogP contribution is 2.56. The molecule has 0 saturated heterocycles. The van der Waals surface area contributed by atoms with Gasteiger partial charge >= 0.3 is 12.3 Å². The van der Waals surface area contributed by atoms with E-state index < -0.39 is 12.3 Å². The topological polar surface area (TPSA) is 81.8 Å². The molecule has 2 fully saturated rings. The molecule has 4 aromatic rings. The van der Waals surface area contributed by atoms with E-state index in [0.29, 0.717) is 22.1 Å². The van der Waals surface area contributed by atoms with Crippen molar-refractivity contribution in [3.05, 3.63) is 99.8 Å². The van der Waals surface area contributed by atoms with E-state index >= 15 is 0 Å². The largest absolute Gasteiger partial charge is 0.573 e. The minimum absolute atomic E-state index is 0.0225. The molecule has 1 N–H and O–H groups in total. The van der Waals surface area contributed by atoms with Crippen LogP contribution >= 0.6 is 11.6 Å². The van der Waals surface area contributed by atoms with Gasteiger partial charge in [-0.1, -0.05) is 47.1 Å². The van der Waals surface area contributed by atoms with Gasteiger partial charge in [-0.05, 0) is 78.6 Å². The average molecular weight is 570 g/mol. The summed E-state index contributed by atoms with van der Waals surface area (Å²) in [5.41, 5.74) is 3.14. The van der Waals surface area contributed by atoms with Crippen LogP contribution in [0.1, 0.15) is 69.8 Å². The van der Waals surface area contributed by atoms with Crippen LogP contribution in [0.5, 0.6) is 11.5 Å². The first-order chi connectivity index (χ1) is 19.2. The number of para-hydroxylation sites is 1. The number of carboxylic acid groups (broad SMARTS) is 1. The molecule has 2 unspecified atom stereocenters. The van der Waals surface area contributed by atoms with Crippen LogP contribution in [0.3, 0.4) is 0 Å². The van der Waals surface area contributed by atoms with Gasteiger partial charge in [0.25, 0.3) is 0 Å². The molecule has 0 radical (unpaired) electrons. The second-order valence-electron chi connectivity index (χ2n) is 10.0. The SMILES string of the molecule is O=C(O)c1cccc(C2CC2c2ccc(OCc3c(-c4ccccc4OC(F)(F)F)noc3C3CC3)cc2Cl)c1. The zero-order chi connectivity index (χ0) is 28.0. The fourth-order valence-electron chi connectivity index (χ4n) is 5.08. The van der Waals surface area contributed by atoms with Crippen LogP contribution in [0, 0.1) is 0 Å². The van der Waals surface area contributed by atoms with Crippen molar-refractivity contribution in [2.45, 2.75) is 50.0 Å². The van der Waals surface area contributed by atoms with Crippen molar-refractivity contribution in [1.82, 2.24) is 5.16 Å². The first kappa shape index (κ1) is 26.3. The normalized spacial score (nSPS) is 18.4. The Kier molecular flexibility index (Phi) is 6.70. The van der Waals surface area contributed by atoms with Gasteiger partial charge in [0.15, 0.2) is 0 Å². The minimum Gasteiger partial charge on any atom is -0.489 e. The molecule has 6 nitrogen and oxygen atoms in total. The van der Waals surface area contributed by atoms with E-state index in [1.165, 1.54) is 18.2 Å². The quantitative estimate of drug-likeness (QED) is 0.218. The van der Waals surface area contributed by atoms with Crippen LogP contribution in [-0.4, -0.2) is 22.6 Å². The monoisotopic (exact) mass is 569 g/mol. The third-order valence-corrected chi connectivity index (χ3v) is 7.57. The van der Waals surface area contributed by atoms with Crippen molar-refractivity contribution >= 4 is 17.6 Å². The number of rotatable bonds is 9. The number of halogens is 4. The molecular formula is C30H23ClF3NO5. The van der Waals surface area contributed by atoms with E-state index in [9.17, 15) is 23.1 Å². The number of carboxylic acids is 1. The van der Waals surface area contributed by atoms with Crippen molar-refractivity contribution in [3.8, 4) is 22.8 Å². The van der Waals surface area contributed by atoms with Crippen molar-refractivity contribution in [2.24, 2.45) is 0 Å². The molecule has 10 heteroatoms. The molecule has 2 atom stereocenters. The van der Waals surface area contributed by atoms with Crippen molar-refractivity contribution in [1.29, 1.82) is 0 Å². The number of hydrogen-bond donors (Lipinski definition) is 1. The van der Waals surface area contributed by atoms with Crippen LogP contribution in [0.25, 0.3) is 11.3 Å². The van der Waals surface area contributed by atoms with Crippen LogP contribution in [0.4, 0.5) is 13.2 Å². The molecule has 206 valence electrons. The van der Waals surface area contributed by atoms with Gasteiger partial charge in [-0.25, -0.2) is 4.79 Å². The Balaban J connectivity index is 1.21. The molecule has 2 saturated carbocycles. The first-order valence-electron chi connectivity index (χ1n) is 12.8. The molecule has 0 aliphatic heterocycles. The van der Waals surface area contributed by atoms with Crippen LogP contribution in [-0.2, 0) is 6.61 Å². The van der Waals surface area contributed by atoms with Gasteiger partial charge in [0.2, 0.25) is 0 Å². The Hall–Kier alpha value is -3.98. The second-order valence-corrected chi connectivity index (χ2v) is 10.5. The third kappa shape index (κ3) is 5.51. The lowest BCUT2D eigenvalue weighted by molar-refractivity contribution is -0.274. The molecule has 1 heterocycles. The summed E-state index contributed by atoms with van der Waals surface area (Å²) in [6.07, 6.45) is -2.19. The van der Waals surface area contributed by atoms with Gasteiger partial charge in [-0.3, -0.25) is 0 Å². The van der Waals surface area contributed by atoms with E-state index in [0.717, 1.165) is 30.4 Å². The number of ether oxygens (including phenoxy) is 2. The number of alkyl halides is 3. The lowest BCUT2D eigenvalue weighted by Gasteiger charge is -2.13. The number of aromatic nitrogens is 1. The second kappa shape index (κ2) is 10.2. The lowest BCUT2D eigenvalue weighted by atomic mass is 10.0. The number of hydrogen-bond acceptors (Lipinski definition) is 5. The molecule has 0 spiro atoms. The van der Waals surface area contributed by atoms with Crippen LogP contribution < -0.4 is 9.47 Å². The standard InChI is InChI=1S/C30H23ClF3NO5/c31-25-13-19(10-11-20(25)23-14-22(23)17-4-3-5-18(12-17)29(36)37)38-15-24-27(35-40-28(24)16-8-9-16)21-6-1-2-7-26(21)39-30(32,33)34/h1-7,10-13,16,22-23H,8-9,14-15H2,(H,36,37). The molecule has 2 aliphatic carbocycles. The van der Waals surface area contributed by atoms with Gasteiger partial charge in [0.1, 0.15) is 29.6 Å². The molecule has 3 aromatic carbocycles. The summed E-state index contributed by atoms with van der Waals surface area (Å²) in [4.78, 5) is 11.3. The van der Waals surface area contributed by atoms with Gasteiger partial charge in [0.05, 0.1) is 11.1 Å².